The number of carbonyl (C=O) groups is 1. The Bertz CT molecular complexity index is 1000. The van der Waals surface area contributed by atoms with Crippen LogP contribution in [0.2, 0.25) is 0 Å². The second kappa shape index (κ2) is 7.64. The standard InChI is InChI=1S/C21H25N7O2/c22-18(21(29)30)13-5-9-27(10-6-13)17-12-24-19-15(26-17)11-25-20(19)28-8-2-3-14-16(28)4-1-7-23-14/h1,4,7,12-13,18H,2-3,5-6,8-11,22H2,(H,29,30). The zero-order valence-electron chi connectivity index (χ0n) is 16.7. The molecule has 0 bridgehead atoms. The van der Waals surface area contributed by atoms with Gasteiger partial charge in [0.15, 0.2) is 5.84 Å². The third-order valence-electron chi connectivity index (χ3n) is 6.29. The number of carboxylic acid groups (broad SMARTS) is 1. The summed E-state index contributed by atoms with van der Waals surface area (Å²) in [4.78, 5) is 34.4. The molecule has 3 N–H and O–H groups in total. The molecule has 30 heavy (non-hydrogen) atoms. The van der Waals surface area contributed by atoms with Gasteiger partial charge in [0, 0.05) is 25.8 Å². The summed E-state index contributed by atoms with van der Waals surface area (Å²) in [5.41, 5.74) is 9.75. The minimum Gasteiger partial charge on any atom is -0.480 e. The molecule has 5 heterocycles. The van der Waals surface area contributed by atoms with Crippen LogP contribution in [-0.2, 0) is 17.8 Å². The van der Waals surface area contributed by atoms with Crippen molar-refractivity contribution in [2.75, 3.05) is 29.4 Å². The number of fused-ring (bicyclic) bond motifs is 2. The van der Waals surface area contributed by atoms with Gasteiger partial charge in [-0.05, 0) is 43.7 Å². The molecule has 0 amide bonds. The van der Waals surface area contributed by atoms with Gasteiger partial charge in [0.25, 0.3) is 0 Å². The molecule has 1 unspecified atom stereocenters. The second-order valence-electron chi connectivity index (χ2n) is 8.08. The third-order valence-corrected chi connectivity index (χ3v) is 6.29. The minimum absolute atomic E-state index is 0.00357. The predicted molar refractivity (Wildman–Crippen MR) is 113 cm³/mol. The number of aliphatic imine (C=N–C) groups is 1. The topological polar surface area (TPSA) is 121 Å². The summed E-state index contributed by atoms with van der Waals surface area (Å²) >= 11 is 0. The molecule has 0 spiro atoms. The van der Waals surface area contributed by atoms with Gasteiger partial charge in [-0.25, -0.2) is 9.97 Å². The third kappa shape index (κ3) is 3.28. The van der Waals surface area contributed by atoms with E-state index in [1.165, 1.54) is 0 Å². The number of hydrogen-bond donors (Lipinski definition) is 2. The van der Waals surface area contributed by atoms with Gasteiger partial charge >= 0.3 is 5.97 Å². The van der Waals surface area contributed by atoms with Crippen LogP contribution in [0.3, 0.4) is 0 Å². The average Bonchev–Trinajstić information content (AvgIpc) is 3.21. The van der Waals surface area contributed by atoms with Crippen molar-refractivity contribution in [3.05, 3.63) is 41.6 Å². The van der Waals surface area contributed by atoms with Gasteiger partial charge in [0.1, 0.15) is 17.6 Å². The van der Waals surface area contributed by atoms with E-state index in [1.807, 2.05) is 18.5 Å². The van der Waals surface area contributed by atoms with Crippen LogP contribution in [0.5, 0.6) is 0 Å². The Balaban J connectivity index is 1.32. The molecule has 9 nitrogen and oxygen atoms in total. The quantitative estimate of drug-likeness (QED) is 0.779. The van der Waals surface area contributed by atoms with Gasteiger partial charge in [0.2, 0.25) is 0 Å². The molecule has 0 radical (unpaired) electrons. The van der Waals surface area contributed by atoms with Crippen LogP contribution in [0.15, 0.2) is 29.5 Å². The Morgan fingerprint density at radius 3 is 2.83 bits per heavy atom. The van der Waals surface area contributed by atoms with Gasteiger partial charge in [-0.2, -0.15) is 0 Å². The lowest BCUT2D eigenvalue weighted by atomic mass is 9.90. The molecular formula is C21H25N7O2. The highest BCUT2D eigenvalue weighted by Crippen LogP contribution is 2.30. The van der Waals surface area contributed by atoms with Crippen LogP contribution in [0.25, 0.3) is 0 Å². The van der Waals surface area contributed by atoms with Crippen molar-refractivity contribution in [1.29, 1.82) is 0 Å². The lowest BCUT2D eigenvalue weighted by molar-refractivity contribution is -0.140. The van der Waals surface area contributed by atoms with E-state index in [0.717, 1.165) is 79.7 Å². The van der Waals surface area contributed by atoms with Crippen molar-refractivity contribution in [3.8, 4) is 0 Å². The molecule has 3 aliphatic rings. The maximum atomic E-state index is 11.1. The number of pyridine rings is 1. The van der Waals surface area contributed by atoms with E-state index in [9.17, 15) is 4.79 Å². The summed E-state index contributed by atoms with van der Waals surface area (Å²) in [6, 6.07) is 3.26. The Hall–Kier alpha value is -3.07. The van der Waals surface area contributed by atoms with Crippen LogP contribution < -0.4 is 15.5 Å². The molecule has 1 saturated heterocycles. The summed E-state index contributed by atoms with van der Waals surface area (Å²) in [7, 11) is 0. The van der Waals surface area contributed by atoms with Crippen LogP contribution in [0.4, 0.5) is 11.5 Å². The van der Waals surface area contributed by atoms with E-state index >= 15 is 0 Å². The number of nitrogens with two attached hydrogens (primary N) is 1. The number of hydrogen-bond acceptors (Lipinski definition) is 8. The normalized spacial score (nSPS) is 19.8. The molecule has 1 fully saturated rings. The smallest absolute Gasteiger partial charge is 0.320 e. The number of piperidine rings is 1. The number of nitrogens with zero attached hydrogens (tertiary/aromatic N) is 6. The lowest BCUT2D eigenvalue weighted by Crippen LogP contribution is -2.45. The molecule has 0 saturated carbocycles. The van der Waals surface area contributed by atoms with Crippen LogP contribution in [0.1, 0.15) is 36.3 Å². The number of amidine groups is 1. The number of carboxylic acids is 1. The average molecular weight is 407 g/mol. The van der Waals surface area contributed by atoms with Crippen LogP contribution >= 0.6 is 0 Å². The van der Waals surface area contributed by atoms with Crippen LogP contribution in [0, 0.1) is 5.92 Å². The summed E-state index contributed by atoms with van der Waals surface area (Å²) in [5.74, 6) is 0.784. The highest BCUT2D eigenvalue weighted by Gasteiger charge is 2.31. The van der Waals surface area contributed by atoms with E-state index in [2.05, 4.69) is 20.9 Å². The Morgan fingerprint density at radius 2 is 2.03 bits per heavy atom. The fourth-order valence-corrected chi connectivity index (χ4v) is 4.61. The molecule has 2 aromatic rings. The summed E-state index contributed by atoms with van der Waals surface area (Å²) in [6.45, 7) is 2.89. The molecule has 156 valence electrons. The van der Waals surface area contributed by atoms with Crippen molar-refractivity contribution < 1.29 is 9.90 Å². The molecule has 9 heteroatoms. The van der Waals surface area contributed by atoms with E-state index in [1.54, 1.807) is 0 Å². The summed E-state index contributed by atoms with van der Waals surface area (Å²) in [6.07, 6.45) is 7.16. The maximum absolute atomic E-state index is 11.1. The Morgan fingerprint density at radius 1 is 1.20 bits per heavy atom. The predicted octanol–water partition coefficient (Wildman–Crippen LogP) is 1.21. The van der Waals surface area contributed by atoms with Gasteiger partial charge in [-0.3, -0.25) is 14.8 Å². The number of rotatable bonds is 3. The van der Waals surface area contributed by atoms with Crippen molar-refractivity contribution in [1.82, 2.24) is 15.0 Å². The summed E-state index contributed by atoms with van der Waals surface area (Å²) in [5, 5.41) is 9.13. The highest BCUT2D eigenvalue weighted by atomic mass is 16.4. The fraction of sp³-hybridized carbons (Fsp3) is 0.476. The Kier molecular flexibility index (Phi) is 4.82. The first-order chi connectivity index (χ1) is 14.6. The molecule has 3 aliphatic heterocycles. The minimum atomic E-state index is -0.926. The molecule has 0 aromatic carbocycles. The first-order valence-corrected chi connectivity index (χ1v) is 10.5. The van der Waals surface area contributed by atoms with Gasteiger partial charge in [-0.15, -0.1) is 0 Å². The number of aromatic nitrogens is 3. The largest absolute Gasteiger partial charge is 0.480 e. The molecule has 5 rings (SSSR count). The second-order valence-corrected chi connectivity index (χ2v) is 8.08. The zero-order chi connectivity index (χ0) is 20.7. The summed E-state index contributed by atoms with van der Waals surface area (Å²) < 4.78 is 0. The molecular weight excluding hydrogens is 382 g/mol. The number of aryl methyl sites for hydroxylation is 1. The first kappa shape index (κ1) is 18.9. The van der Waals surface area contributed by atoms with E-state index < -0.39 is 12.0 Å². The van der Waals surface area contributed by atoms with Gasteiger partial charge in [0.05, 0.1) is 29.8 Å². The Labute approximate surface area is 174 Å². The van der Waals surface area contributed by atoms with Crippen LogP contribution in [-0.4, -0.2) is 57.5 Å². The van der Waals surface area contributed by atoms with Gasteiger partial charge < -0.3 is 20.6 Å². The SMILES string of the molecule is NC(C(=O)O)C1CCN(c2cnc3c(n2)CN=C3N2CCCc3ncccc32)CC1. The van der Waals surface area contributed by atoms with E-state index in [-0.39, 0.29) is 5.92 Å². The number of anilines is 2. The van der Waals surface area contributed by atoms with Crippen molar-refractivity contribution in [2.24, 2.45) is 16.6 Å². The molecule has 1 atom stereocenters. The van der Waals surface area contributed by atoms with Crippen molar-refractivity contribution >= 4 is 23.3 Å². The highest BCUT2D eigenvalue weighted by molar-refractivity contribution is 6.11. The zero-order valence-corrected chi connectivity index (χ0v) is 16.7. The van der Waals surface area contributed by atoms with E-state index in [0.29, 0.717) is 6.54 Å². The first-order valence-electron chi connectivity index (χ1n) is 10.5. The van der Waals surface area contributed by atoms with Crippen molar-refractivity contribution in [3.63, 3.8) is 0 Å². The molecule has 2 aromatic heterocycles. The van der Waals surface area contributed by atoms with Gasteiger partial charge in [-0.1, -0.05) is 0 Å². The fourth-order valence-electron chi connectivity index (χ4n) is 4.61. The van der Waals surface area contributed by atoms with E-state index in [4.69, 9.17) is 25.8 Å². The monoisotopic (exact) mass is 407 g/mol. The van der Waals surface area contributed by atoms with Crippen molar-refractivity contribution in [2.45, 2.75) is 38.3 Å². The molecule has 0 aliphatic carbocycles. The maximum Gasteiger partial charge on any atom is 0.320 e. The lowest BCUT2D eigenvalue weighted by Gasteiger charge is -2.34. The number of aliphatic carboxylic acids is 1.